The fraction of sp³-hybridized carbons (Fsp3) is 0.0909. The second-order valence-corrected chi connectivity index (χ2v) is 3.51. The largest absolute Gasteiger partial charge is 0.382 e. The van der Waals surface area contributed by atoms with E-state index in [1.807, 2.05) is 0 Å². The molecule has 1 amide bonds. The summed E-state index contributed by atoms with van der Waals surface area (Å²) in [5.41, 5.74) is 6.52. The number of halogens is 1. The molecule has 0 spiro atoms. The predicted octanol–water partition coefficient (Wildman–Crippen LogP) is 1.06. The van der Waals surface area contributed by atoms with Gasteiger partial charge in [0.25, 0.3) is 5.91 Å². The highest BCUT2D eigenvalue weighted by molar-refractivity contribution is 5.94. The standard InChI is InChI=1S/C11H11FN4O/c12-8-3-1-7(2-4-8)11(17)14-6-9-5-10(13)16-15-9/h1-5H,6H2,(H,14,17)(H3,13,15,16). The van der Waals surface area contributed by atoms with Gasteiger partial charge >= 0.3 is 0 Å². The van der Waals surface area contributed by atoms with Crippen LogP contribution in [0.1, 0.15) is 16.1 Å². The highest BCUT2D eigenvalue weighted by atomic mass is 19.1. The zero-order valence-electron chi connectivity index (χ0n) is 8.90. The Morgan fingerprint density at radius 1 is 1.41 bits per heavy atom. The molecule has 6 heteroatoms. The minimum absolute atomic E-state index is 0.279. The topological polar surface area (TPSA) is 83.8 Å². The van der Waals surface area contributed by atoms with Gasteiger partial charge in [0.05, 0.1) is 12.2 Å². The highest BCUT2D eigenvalue weighted by Crippen LogP contribution is 2.04. The summed E-state index contributed by atoms with van der Waals surface area (Å²) in [5.74, 6) is -0.280. The molecule has 0 aliphatic carbocycles. The number of carbonyl (C=O) groups is 1. The van der Waals surface area contributed by atoms with Gasteiger partial charge in [-0.15, -0.1) is 0 Å². The van der Waals surface area contributed by atoms with Crippen LogP contribution >= 0.6 is 0 Å². The van der Waals surface area contributed by atoms with Crippen LogP contribution < -0.4 is 11.1 Å². The highest BCUT2D eigenvalue weighted by Gasteiger charge is 2.05. The Labute approximate surface area is 96.8 Å². The lowest BCUT2D eigenvalue weighted by molar-refractivity contribution is 0.0950. The van der Waals surface area contributed by atoms with E-state index in [2.05, 4.69) is 15.5 Å². The third-order valence-corrected chi connectivity index (χ3v) is 2.20. The summed E-state index contributed by atoms with van der Waals surface area (Å²) in [4.78, 5) is 11.6. The van der Waals surface area contributed by atoms with Gasteiger partial charge < -0.3 is 11.1 Å². The fourth-order valence-corrected chi connectivity index (χ4v) is 1.35. The summed E-state index contributed by atoms with van der Waals surface area (Å²) >= 11 is 0. The first-order chi connectivity index (χ1) is 8.15. The van der Waals surface area contributed by atoms with Gasteiger partial charge in [-0.25, -0.2) is 4.39 Å². The number of H-pyrrole nitrogens is 1. The molecule has 0 aliphatic rings. The van der Waals surface area contributed by atoms with Gasteiger partial charge in [0.1, 0.15) is 11.6 Å². The van der Waals surface area contributed by atoms with Gasteiger partial charge in [0, 0.05) is 11.6 Å². The number of nitrogen functional groups attached to an aromatic ring is 1. The molecule has 1 aromatic heterocycles. The van der Waals surface area contributed by atoms with Crippen molar-refractivity contribution in [3.63, 3.8) is 0 Å². The van der Waals surface area contributed by atoms with Crippen LogP contribution in [0.4, 0.5) is 10.2 Å². The van der Waals surface area contributed by atoms with Crippen molar-refractivity contribution in [2.24, 2.45) is 0 Å². The van der Waals surface area contributed by atoms with Gasteiger partial charge in [-0.2, -0.15) is 5.10 Å². The van der Waals surface area contributed by atoms with E-state index < -0.39 is 0 Å². The Hall–Kier alpha value is -2.37. The Morgan fingerprint density at radius 3 is 2.71 bits per heavy atom. The SMILES string of the molecule is Nc1cc(CNC(=O)c2ccc(F)cc2)[nH]n1. The lowest BCUT2D eigenvalue weighted by Gasteiger charge is -2.03. The van der Waals surface area contributed by atoms with Crippen LogP contribution in [-0.2, 0) is 6.54 Å². The van der Waals surface area contributed by atoms with Crippen LogP contribution in [0.5, 0.6) is 0 Å². The molecule has 1 aromatic carbocycles. The summed E-state index contributed by atoms with van der Waals surface area (Å²) < 4.78 is 12.6. The van der Waals surface area contributed by atoms with E-state index in [1.165, 1.54) is 24.3 Å². The lowest BCUT2D eigenvalue weighted by Crippen LogP contribution is -2.22. The van der Waals surface area contributed by atoms with Crippen LogP contribution in [0.3, 0.4) is 0 Å². The number of nitrogens with zero attached hydrogens (tertiary/aromatic N) is 1. The minimum atomic E-state index is -0.372. The number of rotatable bonds is 3. The predicted molar refractivity (Wildman–Crippen MR) is 60.6 cm³/mol. The molecule has 0 saturated heterocycles. The van der Waals surface area contributed by atoms with E-state index in [1.54, 1.807) is 6.07 Å². The van der Waals surface area contributed by atoms with E-state index in [0.717, 1.165) is 0 Å². The second kappa shape index (κ2) is 4.65. The summed E-state index contributed by atoms with van der Waals surface area (Å²) in [6.45, 7) is 0.292. The molecule has 0 atom stereocenters. The zero-order valence-corrected chi connectivity index (χ0v) is 8.90. The first kappa shape index (κ1) is 11.1. The van der Waals surface area contributed by atoms with E-state index in [0.29, 0.717) is 23.6 Å². The molecular weight excluding hydrogens is 223 g/mol. The van der Waals surface area contributed by atoms with Gasteiger partial charge in [0.15, 0.2) is 0 Å². The minimum Gasteiger partial charge on any atom is -0.382 e. The maximum absolute atomic E-state index is 12.6. The Bertz CT molecular complexity index is 521. The van der Waals surface area contributed by atoms with Gasteiger partial charge in [-0.3, -0.25) is 9.89 Å². The van der Waals surface area contributed by atoms with E-state index in [9.17, 15) is 9.18 Å². The van der Waals surface area contributed by atoms with E-state index in [-0.39, 0.29) is 11.7 Å². The maximum atomic E-state index is 12.6. The second-order valence-electron chi connectivity index (χ2n) is 3.51. The molecule has 0 fully saturated rings. The van der Waals surface area contributed by atoms with Gasteiger partial charge in [-0.1, -0.05) is 0 Å². The summed E-state index contributed by atoms with van der Waals surface area (Å²) in [5, 5.41) is 9.06. The smallest absolute Gasteiger partial charge is 0.251 e. The summed E-state index contributed by atoms with van der Waals surface area (Å²) in [6.07, 6.45) is 0. The molecule has 0 aliphatic heterocycles. The number of aromatic amines is 1. The Morgan fingerprint density at radius 2 is 2.12 bits per heavy atom. The number of anilines is 1. The van der Waals surface area contributed by atoms with Crippen molar-refractivity contribution in [1.82, 2.24) is 15.5 Å². The van der Waals surface area contributed by atoms with E-state index >= 15 is 0 Å². The number of carbonyl (C=O) groups excluding carboxylic acids is 1. The molecule has 1 heterocycles. The molecule has 2 aromatic rings. The van der Waals surface area contributed by atoms with Crippen molar-refractivity contribution in [2.75, 3.05) is 5.73 Å². The van der Waals surface area contributed by atoms with Crippen molar-refractivity contribution in [1.29, 1.82) is 0 Å². The number of hydrogen-bond acceptors (Lipinski definition) is 3. The molecule has 2 rings (SSSR count). The monoisotopic (exact) mass is 234 g/mol. The Balaban J connectivity index is 1.95. The third kappa shape index (κ3) is 2.81. The van der Waals surface area contributed by atoms with Gasteiger partial charge in [0.2, 0.25) is 0 Å². The molecule has 0 saturated carbocycles. The fourth-order valence-electron chi connectivity index (χ4n) is 1.35. The normalized spacial score (nSPS) is 10.2. The zero-order chi connectivity index (χ0) is 12.3. The van der Waals surface area contributed by atoms with Crippen molar-refractivity contribution in [3.8, 4) is 0 Å². The molecule has 4 N–H and O–H groups in total. The molecule has 0 bridgehead atoms. The van der Waals surface area contributed by atoms with E-state index in [4.69, 9.17) is 5.73 Å². The van der Waals surface area contributed by atoms with Crippen LogP contribution in [0.25, 0.3) is 0 Å². The Kier molecular flexibility index (Phi) is 3.04. The molecule has 88 valence electrons. The number of nitrogens with one attached hydrogen (secondary N) is 2. The summed E-state index contributed by atoms with van der Waals surface area (Å²) in [6, 6.07) is 6.95. The molecule has 5 nitrogen and oxygen atoms in total. The number of aromatic nitrogens is 2. The van der Waals surface area contributed by atoms with Gasteiger partial charge in [-0.05, 0) is 24.3 Å². The maximum Gasteiger partial charge on any atom is 0.251 e. The number of amides is 1. The number of hydrogen-bond donors (Lipinski definition) is 3. The van der Waals surface area contributed by atoms with Crippen LogP contribution in [0, 0.1) is 5.82 Å². The first-order valence-corrected chi connectivity index (χ1v) is 4.98. The van der Waals surface area contributed by atoms with Crippen LogP contribution in [0.2, 0.25) is 0 Å². The number of benzene rings is 1. The van der Waals surface area contributed by atoms with Crippen molar-refractivity contribution >= 4 is 11.7 Å². The van der Waals surface area contributed by atoms with Crippen LogP contribution in [-0.4, -0.2) is 16.1 Å². The first-order valence-electron chi connectivity index (χ1n) is 4.98. The third-order valence-electron chi connectivity index (χ3n) is 2.20. The van der Waals surface area contributed by atoms with Crippen molar-refractivity contribution in [2.45, 2.75) is 6.54 Å². The average Bonchev–Trinajstić information content (AvgIpc) is 2.73. The van der Waals surface area contributed by atoms with Crippen molar-refractivity contribution in [3.05, 3.63) is 47.4 Å². The van der Waals surface area contributed by atoms with Crippen LogP contribution in [0.15, 0.2) is 30.3 Å². The molecular formula is C11H11FN4O. The average molecular weight is 234 g/mol. The number of nitrogens with two attached hydrogens (primary N) is 1. The molecule has 0 unspecified atom stereocenters. The lowest BCUT2D eigenvalue weighted by atomic mass is 10.2. The molecule has 17 heavy (non-hydrogen) atoms. The summed E-state index contributed by atoms with van der Waals surface area (Å²) in [7, 11) is 0. The quantitative estimate of drug-likeness (QED) is 0.742. The molecule has 0 radical (unpaired) electrons. The van der Waals surface area contributed by atoms with Crippen molar-refractivity contribution < 1.29 is 9.18 Å².